The molecule has 7 heteroatoms. The van der Waals surface area contributed by atoms with Crippen LogP contribution in [0.2, 0.25) is 0 Å². The van der Waals surface area contributed by atoms with Crippen molar-refractivity contribution in [3.8, 4) is 0 Å². The lowest BCUT2D eigenvalue weighted by Gasteiger charge is -2.33. The minimum Gasteiger partial charge on any atom is -0.355 e. The van der Waals surface area contributed by atoms with E-state index in [4.69, 9.17) is 0 Å². The molecule has 1 aliphatic heterocycles. The molecule has 1 saturated heterocycles. The maximum absolute atomic E-state index is 4.60. The number of nitrogens with zero attached hydrogens (tertiary/aromatic N) is 4. The van der Waals surface area contributed by atoms with Crippen LogP contribution < -0.4 is 15.5 Å². The highest BCUT2D eigenvalue weighted by Gasteiger charge is 2.16. The molecule has 2 heterocycles. The molecular formula is C27H35IN6. The molecule has 0 spiro atoms. The zero-order valence-electron chi connectivity index (χ0n) is 20.0. The fourth-order valence-electron chi connectivity index (χ4n) is 4.18. The van der Waals surface area contributed by atoms with Crippen LogP contribution in [0.5, 0.6) is 0 Å². The summed E-state index contributed by atoms with van der Waals surface area (Å²) >= 11 is 0. The number of benzene rings is 2. The minimum atomic E-state index is 0. The third-order valence-corrected chi connectivity index (χ3v) is 6.20. The second-order valence-corrected chi connectivity index (χ2v) is 8.49. The molecule has 1 fully saturated rings. The topological polar surface area (TPSA) is 55.8 Å². The number of hydrogen-bond acceptors (Lipinski definition) is 4. The van der Waals surface area contributed by atoms with E-state index in [1.165, 1.54) is 16.7 Å². The molecular weight excluding hydrogens is 535 g/mol. The van der Waals surface area contributed by atoms with Gasteiger partial charge >= 0.3 is 0 Å². The van der Waals surface area contributed by atoms with Crippen molar-refractivity contribution >= 4 is 35.8 Å². The molecule has 34 heavy (non-hydrogen) atoms. The van der Waals surface area contributed by atoms with Crippen LogP contribution in [0.4, 0.5) is 5.82 Å². The third-order valence-electron chi connectivity index (χ3n) is 6.20. The van der Waals surface area contributed by atoms with Crippen LogP contribution in [0.15, 0.2) is 84.0 Å². The zero-order chi connectivity index (χ0) is 22.9. The average Bonchev–Trinajstić information content (AvgIpc) is 2.88. The van der Waals surface area contributed by atoms with Crippen molar-refractivity contribution in [2.75, 3.05) is 51.7 Å². The van der Waals surface area contributed by atoms with E-state index in [-0.39, 0.29) is 29.9 Å². The standard InChI is InChI=1S/C27H34N6.HI/c1-28-27(30-20-22-13-14-29-26(19-22)33-17-15-32(2)16-18-33)31-21-25(23-9-5-3-6-10-23)24-11-7-4-8-12-24;/h3-14,19,25H,15-18,20-21H2,1-2H3,(H2,28,30,31);1H. The predicted octanol–water partition coefficient (Wildman–Crippen LogP) is 3.95. The first kappa shape index (κ1) is 26.0. The highest BCUT2D eigenvalue weighted by atomic mass is 127. The van der Waals surface area contributed by atoms with Crippen molar-refractivity contribution in [2.45, 2.75) is 12.5 Å². The predicted molar refractivity (Wildman–Crippen MR) is 152 cm³/mol. The number of rotatable bonds is 7. The molecule has 4 rings (SSSR count). The SMILES string of the molecule is CN=C(NCc1ccnc(N2CCN(C)CC2)c1)NCC(c1ccccc1)c1ccccc1.I. The molecule has 0 bridgehead atoms. The molecule has 0 saturated carbocycles. The number of anilines is 1. The summed E-state index contributed by atoms with van der Waals surface area (Å²) in [5.41, 5.74) is 3.78. The van der Waals surface area contributed by atoms with Crippen molar-refractivity contribution in [3.63, 3.8) is 0 Å². The summed E-state index contributed by atoms with van der Waals surface area (Å²) in [6, 6.07) is 25.5. The molecule has 0 amide bonds. The van der Waals surface area contributed by atoms with Gasteiger partial charge in [0.05, 0.1) is 0 Å². The first-order valence-corrected chi connectivity index (χ1v) is 11.7. The number of hydrogen-bond donors (Lipinski definition) is 2. The first-order chi connectivity index (χ1) is 16.2. The molecule has 1 aromatic heterocycles. The van der Waals surface area contributed by atoms with E-state index in [9.17, 15) is 0 Å². The number of piperazine rings is 1. The summed E-state index contributed by atoms with van der Waals surface area (Å²) in [5.74, 6) is 2.10. The maximum Gasteiger partial charge on any atom is 0.191 e. The van der Waals surface area contributed by atoms with Crippen LogP contribution in [0, 0.1) is 0 Å². The smallest absolute Gasteiger partial charge is 0.191 e. The van der Waals surface area contributed by atoms with Gasteiger partial charge in [-0.2, -0.15) is 0 Å². The van der Waals surface area contributed by atoms with Crippen molar-refractivity contribution in [1.29, 1.82) is 0 Å². The Morgan fingerprint density at radius 2 is 1.53 bits per heavy atom. The van der Waals surface area contributed by atoms with Crippen LogP contribution in [0.25, 0.3) is 0 Å². The Labute approximate surface area is 220 Å². The monoisotopic (exact) mass is 570 g/mol. The van der Waals surface area contributed by atoms with Gasteiger partial charge in [-0.15, -0.1) is 24.0 Å². The van der Waals surface area contributed by atoms with E-state index in [0.29, 0.717) is 6.54 Å². The van der Waals surface area contributed by atoms with Gasteiger partial charge in [0.1, 0.15) is 5.82 Å². The van der Waals surface area contributed by atoms with E-state index >= 15 is 0 Å². The number of halogens is 1. The number of pyridine rings is 1. The van der Waals surface area contributed by atoms with E-state index < -0.39 is 0 Å². The van der Waals surface area contributed by atoms with Gasteiger partial charge < -0.3 is 20.4 Å². The van der Waals surface area contributed by atoms with Gasteiger partial charge in [0.25, 0.3) is 0 Å². The zero-order valence-corrected chi connectivity index (χ0v) is 22.4. The molecule has 0 unspecified atom stereocenters. The van der Waals surface area contributed by atoms with E-state index in [2.05, 4.69) is 110 Å². The molecule has 3 aromatic rings. The van der Waals surface area contributed by atoms with Gasteiger partial charge in [-0.3, -0.25) is 4.99 Å². The molecule has 0 atom stereocenters. The highest BCUT2D eigenvalue weighted by molar-refractivity contribution is 14.0. The summed E-state index contributed by atoms with van der Waals surface area (Å²) in [5, 5.41) is 6.99. The quantitative estimate of drug-likeness (QED) is 0.256. The molecule has 2 N–H and O–H groups in total. The van der Waals surface area contributed by atoms with E-state index in [0.717, 1.165) is 44.5 Å². The Morgan fingerprint density at radius 1 is 0.912 bits per heavy atom. The normalized spacial score (nSPS) is 14.6. The maximum atomic E-state index is 4.60. The lowest BCUT2D eigenvalue weighted by molar-refractivity contribution is 0.312. The molecule has 0 radical (unpaired) electrons. The average molecular weight is 571 g/mol. The Balaban J connectivity index is 0.00000324. The Morgan fingerprint density at radius 3 is 2.12 bits per heavy atom. The van der Waals surface area contributed by atoms with Crippen LogP contribution in [-0.2, 0) is 6.54 Å². The number of nitrogens with one attached hydrogen (secondary N) is 2. The third kappa shape index (κ3) is 7.17. The largest absolute Gasteiger partial charge is 0.355 e. The van der Waals surface area contributed by atoms with Crippen molar-refractivity contribution in [3.05, 3.63) is 95.7 Å². The fraction of sp³-hybridized carbons (Fsp3) is 0.333. The van der Waals surface area contributed by atoms with Crippen LogP contribution in [-0.4, -0.2) is 62.7 Å². The van der Waals surface area contributed by atoms with Crippen LogP contribution >= 0.6 is 24.0 Å². The van der Waals surface area contributed by atoms with Crippen LogP contribution in [0.3, 0.4) is 0 Å². The lowest BCUT2D eigenvalue weighted by Crippen LogP contribution is -2.44. The van der Waals surface area contributed by atoms with Gasteiger partial charge in [-0.05, 0) is 35.9 Å². The molecule has 180 valence electrons. The van der Waals surface area contributed by atoms with E-state index in [1.54, 1.807) is 0 Å². The van der Waals surface area contributed by atoms with Gasteiger partial charge in [0.2, 0.25) is 0 Å². The number of aromatic nitrogens is 1. The summed E-state index contributed by atoms with van der Waals surface area (Å²) in [7, 11) is 3.99. The molecule has 6 nitrogen and oxygen atoms in total. The summed E-state index contributed by atoms with van der Waals surface area (Å²) in [6.07, 6.45) is 1.90. The Hall–Kier alpha value is -2.65. The summed E-state index contributed by atoms with van der Waals surface area (Å²) in [6.45, 7) is 5.64. The second kappa shape index (κ2) is 13.3. The van der Waals surface area contributed by atoms with E-state index in [1.807, 2.05) is 13.2 Å². The Bertz CT molecular complexity index is 980. The van der Waals surface area contributed by atoms with Crippen molar-refractivity contribution in [2.24, 2.45) is 4.99 Å². The van der Waals surface area contributed by atoms with Gasteiger partial charge in [0, 0.05) is 58.4 Å². The van der Waals surface area contributed by atoms with Gasteiger partial charge in [0.15, 0.2) is 5.96 Å². The highest BCUT2D eigenvalue weighted by Crippen LogP contribution is 2.23. The Kier molecular flexibility index (Phi) is 10.2. The molecule has 2 aromatic carbocycles. The fourth-order valence-corrected chi connectivity index (χ4v) is 4.18. The summed E-state index contributed by atoms with van der Waals surface area (Å²) < 4.78 is 0. The number of likely N-dealkylation sites (N-methyl/N-ethyl adjacent to an activating group) is 1. The number of guanidine groups is 1. The van der Waals surface area contributed by atoms with Crippen molar-refractivity contribution in [1.82, 2.24) is 20.5 Å². The van der Waals surface area contributed by atoms with Gasteiger partial charge in [-0.25, -0.2) is 4.98 Å². The second-order valence-electron chi connectivity index (χ2n) is 8.49. The first-order valence-electron chi connectivity index (χ1n) is 11.7. The van der Waals surface area contributed by atoms with Crippen LogP contribution in [0.1, 0.15) is 22.6 Å². The van der Waals surface area contributed by atoms with Gasteiger partial charge in [-0.1, -0.05) is 60.7 Å². The minimum absolute atomic E-state index is 0. The molecule has 0 aliphatic carbocycles. The summed E-state index contributed by atoms with van der Waals surface area (Å²) in [4.78, 5) is 13.8. The van der Waals surface area contributed by atoms with Crippen molar-refractivity contribution < 1.29 is 0 Å². The number of aliphatic imine (C=N–C) groups is 1. The lowest BCUT2D eigenvalue weighted by atomic mass is 9.91. The molecule has 1 aliphatic rings.